The molecule has 0 unspecified atom stereocenters. The standard InChI is InChI=1S/C19H15ClN2O4/c1-2-26-19(25)12-7-6-10-14(11-12)22-17(23)15(20)16(18(22)24)21-13-8-4-3-5-9-13/h3-11,21H,2H2,1H3. The van der Waals surface area contributed by atoms with Crippen molar-refractivity contribution in [3.05, 3.63) is 70.9 Å². The molecular weight excluding hydrogens is 356 g/mol. The number of nitrogens with zero attached hydrogens (tertiary/aromatic N) is 1. The number of carbonyl (C=O) groups is 3. The first-order valence-electron chi connectivity index (χ1n) is 7.90. The van der Waals surface area contributed by atoms with E-state index < -0.39 is 17.8 Å². The normalized spacial score (nSPS) is 14.0. The van der Waals surface area contributed by atoms with Crippen molar-refractivity contribution < 1.29 is 19.1 Å². The Kier molecular flexibility index (Phi) is 5.04. The molecule has 0 radical (unpaired) electrons. The van der Waals surface area contributed by atoms with Crippen LogP contribution in [0.4, 0.5) is 11.4 Å². The number of imide groups is 1. The van der Waals surface area contributed by atoms with Crippen LogP contribution in [-0.4, -0.2) is 24.4 Å². The van der Waals surface area contributed by atoms with E-state index in [9.17, 15) is 14.4 Å². The van der Waals surface area contributed by atoms with Crippen molar-refractivity contribution in [1.29, 1.82) is 0 Å². The van der Waals surface area contributed by atoms with E-state index in [1.165, 1.54) is 6.07 Å². The highest BCUT2D eigenvalue weighted by Crippen LogP contribution is 2.30. The molecule has 7 heteroatoms. The monoisotopic (exact) mass is 370 g/mol. The van der Waals surface area contributed by atoms with Crippen molar-refractivity contribution in [2.24, 2.45) is 0 Å². The highest BCUT2D eigenvalue weighted by molar-refractivity contribution is 6.53. The average Bonchev–Trinajstić information content (AvgIpc) is 2.86. The molecule has 6 nitrogen and oxygen atoms in total. The van der Waals surface area contributed by atoms with Gasteiger partial charge in [-0.15, -0.1) is 0 Å². The largest absolute Gasteiger partial charge is 0.462 e. The van der Waals surface area contributed by atoms with E-state index in [1.807, 2.05) is 6.07 Å². The van der Waals surface area contributed by atoms with Gasteiger partial charge in [0.25, 0.3) is 11.8 Å². The third kappa shape index (κ3) is 3.32. The van der Waals surface area contributed by atoms with Gasteiger partial charge in [-0.1, -0.05) is 35.9 Å². The number of amides is 2. The summed E-state index contributed by atoms with van der Waals surface area (Å²) < 4.78 is 4.94. The van der Waals surface area contributed by atoms with Gasteiger partial charge in [0.15, 0.2) is 0 Å². The van der Waals surface area contributed by atoms with Crippen LogP contribution in [0.5, 0.6) is 0 Å². The number of para-hydroxylation sites is 1. The first-order valence-corrected chi connectivity index (χ1v) is 8.28. The molecule has 1 N–H and O–H groups in total. The van der Waals surface area contributed by atoms with E-state index in [0.29, 0.717) is 5.69 Å². The Morgan fingerprint density at radius 3 is 2.50 bits per heavy atom. The molecule has 1 heterocycles. The van der Waals surface area contributed by atoms with Crippen molar-refractivity contribution in [2.75, 3.05) is 16.8 Å². The van der Waals surface area contributed by atoms with Crippen LogP contribution in [-0.2, 0) is 14.3 Å². The van der Waals surface area contributed by atoms with Crippen LogP contribution in [0, 0.1) is 0 Å². The summed E-state index contributed by atoms with van der Waals surface area (Å²) in [4.78, 5) is 38.0. The average molecular weight is 371 g/mol. The first kappa shape index (κ1) is 17.7. The highest BCUT2D eigenvalue weighted by atomic mass is 35.5. The van der Waals surface area contributed by atoms with Crippen LogP contribution in [0.15, 0.2) is 65.3 Å². The molecular formula is C19H15ClN2O4. The summed E-state index contributed by atoms with van der Waals surface area (Å²) in [5.41, 5.74) is 1.10. The third-order valence-electron chi connectivity index (χ3n) is 3.69. The molecule has 0 bridgehead atoms. The van der Waals surface area contributed by atoms with Crippen LogP contribution in [0.25, 0.3) is 0 Å². The lowest BCUT2D eigenvalue weighted by atomic mass is 10.2. The minimum Gasteiger partial charge on any atom is -0.462 e. The van der Waals surface area contributed by atoms with Gasteiger partial charge in [0.05, 0.1) is 17.9 Å². The predicted molar refractivity (Wildman–Crippen MR) is 97.8 cm³/mol. The minimum absolute atomic E-state index is 0.00981. The van der Waals surface area contributed by atoms with Crippen LogP contribution >= 0.6 is 11.6 Å². The summed E-state index contributed by atoms with van der Waals surface area (Å²) in [6, 6.07) is 15.0. The van der Waals surface area contributed by atoms with Gasteiger partial charge in [-0.2, -0.15) is 0 Å². The summed E-state index contributed by atoms with van der Waals surface area (Å²) >= 11 is 6.08. The van der Waals surface area contributed by atoms with Crippen LogP contribution < -0.4 is 10.2 Å². The SMILES string of the molecule is CCOC(=O)c1cccc(N2C(=O)C(Cl)=C(Nc3ccccc3)C2=O)c1. The van der Waals surface area contributed by atoms with Crippen LogP contribution in [0.3, 0.4) is 0 Å². The Morgan fingerprint density at radius 2 is 1.81 bits per heavy atom. The summed E-state index contributed by atoms with van der Waals surface area (Å²) in [6.07, 6.45) is 0. The lowest BCUT2D eigenvalue weighted by Crippen LogP contribution is -2.32. The fourth-order valence-electron chi connectivity index (χ4n) is 2.50. The molecule has 0 fully saturated rings. The molecule has 0 aromatic heterocycles. The maximum absolute atomic E-state index is 12.7. The molecule has 26 heavy (non-hydrogen) atoms. The Bertz CT molecular complexity index is 909. The van der Waals surface area contributed by atoms with E-state index in [0.717, 1.165) is 4.90 Å². The van der Waals surface area contributed by atoms with E-state index in [2.05, 4.69) is 5.32 Å². The number of anilines is 2. The molecule has 132 valence electrons. The zero-order chi connectivity index (χ0) is 18.7. The van der Waals surface area contributed by atoms with E-state index in [4.69, 9.17) is 16.3 Å². The lowest BCUT2D eigenvalue weighted by molar-refractivity contribution is -0.120. The van der Waals surface area contributed by atoms with Crippen molar-refractivity contribution in [3.8, 4) is 0 Å². The Morgan fingerprint density at radius 1 is 1.08 bits per heavy atom. The molecule has 2 aromatic carbocycles. The number of ether oxygens (including phenoxy) is 1. The quantitative estimate of drug-likeness (QED) is 0.645. The number of hydrogen-bond acceptors (Lipinski definition) is 5. The fraction of sp³-hybridized carbons (Fsp3) is 0.105. The minimum atomic E-state index is -0.656. The second kappa shape index (κ2) is 7.41. The molecule has 0 saturated carbocycles. The summed E-state index contributed by atoms with van der Waals surface area (Å²) in [5, 5.41) is 2.66. The highest BCUT2D eigenvalue weighted by Gasteiger charge is 2.39. The van der Waals surface area contributed by atoms with Gasteiger partial charge < -0.3 is 10.1 Å². The maximum Gasteiger partial charge on any atom is 0.338 e. The Labute approximate surface area is 155 Å². The van der Waals surface area contributed by atoms with Crippen molar-refractivity contribution >= 4 is 40.8 Å². The van der Waals surface area contributed by atoms with Gasteiger partial charge in [0, 0.05) is 5.69 Å². The van der Waals surface area contributed by atoms with Gasteiger partial charge in [-0.05, 0) is 37.3 Å². The molecule has 0 aliphatic carbocycles. The first-order chi connectivity index (χ1) is 12.5. The molecule has 0 atom stereocenters. The number of rotatable bonds is 5. The number of benzene rings is 2. The van der Waals surface area contributed by atoms with Gasteiger partial charge in [-0.25, -0.2) is 9.69 Å². The van der Waals surface area contributed by atoms with Gasteiger partial charge >= 0.3 is 5.97 Å². The second-order valence-corrected chi connectivity index (χ2v) is 5.77. The van der Waals surface area contributed by atoms with E-state index in [-0.39, 0.29) is 28.6 Å². The zero-order valence-corrected chi connectivity index (χ0v) is 14.6. The maximum atomic E-state index is 12.7. The molecule has 3 rings (SSSR count). The van der Waals surface area contributed by atoms with E-state index in [1.54, 1.807) is 49.4 Å². The number of esters is 1. The van der Waals surface area contributed by atoms with Gasteiger partial charge in [0.2, 0.25) is 0 Å². The van der Waals surface area contributed by atoms with Crippen molar-refractivity contribution in [2.45, 2.75) is 6.92 Å². The molecule has 1 aliphatic rings. The summed E-state index contributed by atoms with van der Waals surface area (Å²) in [6.45, 7) is 1.92. The Hall–Kier alpha value is -3.12. The van der Waals surface area contributed by atoms with Crippen LogP contribution in [0.1, 0.15) is 17.3 Å². The van der Waals surface area contributed by atoms with Gasteiger partial charge in [0.1, 0.15) is 10.7 Å². The predicted octanol–water partition coefficient (Wildman–Crippen LogP) is 3.30. The topological polar surface area (TPSA) is 75.7 Å². The summed E-state index contributed by atoms with van der Waals surface area (Å²) in [5.74, 6) is -1.78. The van der Waals surface area contributed by atoms with E-state index >= 15 is 0 Å². The van der Waals surface area contributed by atoms with Crippen molar-refractivity contribution in [3.63, 3.8) is 0 Å². The lowest BCUT2D eigenvalue weighted by Gasteiger charge is -2.16. The van der Waals surface area contributed by atoms with Crippen molar-refractivity contribution in [1.82, 2.24) is 0 Å². The fourth-order valence-corrected chi connectivity index (χ4v) is 2.71. The molecule has 1 aliphatic heterocycles. The molecule has 2 aromatic rings. The number of nitrogens with one attached hydrogen (secondary N) is 1. The summed E-state index contributed by atoms with van der Waals surface area (Å²) in [7, 11) is 0. The van der Waals surface area contributed by atoms with Gasteiger partial charge in [-0.3, -0.25) is 9.59 Å². The zero-order valence-electron chi connectivity index (χ0n) is 13.9. The Balaban J connectivity index is 1.89. The number of carbonyl (C=O) groups excluding carboxylic acids is 3. The molecule has 2 amide bonds. The third-order valence-corrected chi connectivity index (χ3v) is 4.04. The molecule has 0 saturated heterocycles. The molecule has 0 spiro atoms. The number of hydrogen-bond donors (Lipinski definition) is 1. The van der Waals surface area contributed by atoms with Crippen LogP contribution in [0.2, 0.25) is 0 Å². The second-order valence-electron chi connectivity index (χ2n) is 5.40. The smallest absolute Gasteiger partial charge is 0.338 e. The number of halogens is 1.